The van der Waals surface area contributed by atoms with Crippen LogP contribution in [0.4, 0.5) is 0 Å². The largest absolute Gasteiger partial charge is 0.493 e. The van der Waals surface area contributed by atoms with Crippen molar-refractivity contribution >= 4 is 22.4 Å². The summed E-state index contributed by atoms with van der Waals surface area (Å²) >= 11 is 1.65. The van der Waals surface area contributed by atoms with Gasteiger partial charge in [0.1, 0.15) is 11.5 Å². The summed E-state index contributed by atoms with van der Waals surface area (Å²) in [5.41, 5.74) is 0.908. The highest BCUT2D eigenvalue weighted by Gasteiger charge is 2.38. The van der Waals surface area contributed by atoms with Crippen molar-refractivity contribution in [3.8, 4) is 11.5 Å². The minimum Gasteiger partial charge on any atom is -0.493 e. The van der Waals surface area contributed by atoms with Gasteiger partial charge in [0.2, 0.25) is 0 Å². The van der Waals surface area contributed by atoms with E-state index < -0.39 is 10.6 Å². The molecule has 0 saturated heterocycles. The zero-order valence-corrected chi connectivity index (χ0v) is 17.6. The topological polar surface area (TPSA) is 58.9 Å². The van der Waals surface area contributed by atoms with Gasteiger partial charge in [-0.3, -0.25) is 9.11 Å². The molecule has 1 atom stereocenters. The Hall–Kier alpha value is -2.12. The average Bonchev–Trinajstić information content (AvgIpc) is 3.00. The van der Waals surface area contributed by atoms with Gasteiger partial charge in [-0.25, -0.2) is 0 Å². The van der Waals surface area contributed by atoms with Gasteiger partial charge < -0.3 is 9.47 Å². The molecule has 0 aromatic heterocycles. The molecule has 29 heavy (non-hydrogen) atoms. The molecule has 1 unspecified atom stereocenters. The van der Waals surface area contributed by atoms with E-state index in [0.29, 0.717) is 23.9 Å². The Morgan fingerprint density at radius 1 is 0.828 bits per heavy atom. The van der Waals surface area contributed by atoms with E-state index in [1.54, 1.807) is 11.8 Å². The molecule has 0 fully saturated rings. The molecule has 6 heteroatoms. The molecule has 1 aliphatic heterocycles. The van der Waals surface area contributed by atoms with E-state index in [-0.39, 0.29) is 5.25 Å². The number of ether oxygens (including phenoxy) is 2. The Morgan fingerprint density at radius 2 is 1.52 bits per heavy atom. The predicted molar refractivity (Wildman–Crippen MR) is 120 cm³/mol. The quantitative estimate of drug-likeness (QED) is 0.402. The van der Waals surface area contributed by atoms with Gasteiger partial charge in [0.05, 0.1) is 29.1 Å². The number of hydrogen-bond donors (Lipinski definition) is 2. The molecule has 4 nitrogen and oxygen atoms in total. The van der Waals surface area contributed by atoms with Crippen LogP contribution in [0, 0.1) is 0 Å². The normalized spacial score (nSPS) is 18.1. The monoisotopic (exact) mass is 428 g/mol. The third-order valence-electron chi connectivity index (χ3n) is 4.66. The fourth-order valence-electron chi connectivity index (χ4n) is 3.34. The van der Waals surface area contributed by atoms with Crippen LogP contribution in [0.5, 0.6) is 11.5 Å². The summed E-state index contributed by atoms with van der Waals surface area (Å²) in [5.74, 6) is 1.90. The summed E-state index contributed by atoms with van der Waals surface area (Å²) in [6.45, 7) is 1.07. The predicted octanol–water partition coefficient (Wildman–Crippen LogP) is 6.49. The SMILES string of the molecule is OS1(O)CC(Sc2ccccc2)c2c(OCCCOc3ccccc3)cccc21. The van der Waals surface area contributed by atoms with Crippen LogP contribution in [0.1, 0.15) is 17.2 Å². The second kappa shape index (κ2) is 9.13. The maximum Gasteiger partial charge on any atom is 0.125 e. The van der Waals surface area contributed by atoms with Crippen LogP contribution in [0.2, 0.25) is 0 Å². The third-order valence-corrected chi connectivity index (χ3v) is 7.96. The summed E-state index contributed by atoms with van der Waals surface area (Å²) in [5, 5.41) is -0.0471. The first-order valence-electron chi connectivity index (χ1n) is 9.55. The Bertz CT molecular complexity index is 932. The van der Waals surface area contributed by atoms with Crippen molar-refractivity contribution in [2.24, 2.45) is 0 Å². The number of hydrogen-bond acceptors (Lipinski definition) is 5. The molecule has 2 N–H and O–H groups in total. The van der Waals surface area contributed by atoms with Crippen molar-refractivity contribution in [2.75, 3.05) is 19.0 Å². The zero-order chi connectivity index (χ0) is 20.1. The molecule has 4 rings (SSSR count). The fraction of sp³-hybridized carbons (Fsp3) is 0.217. The number of benzene rings is 3. The molecule has 0 amide bonds. The van der Waals surface area contributed by atoms with Gasteiger partial charge in [-0.05, 0) is 36.4 Å². The minimum absolute atomic E-state index is 0.0471. The molecule has 0 spiro atoms. The van der Waals surface area contributed by atoms with E-state index in [1.807, 2.05) is 78.9 Å². The Kier molecular flexibility index (Phi) is 6.35. The molecule has 0 bridgehead atoms. The molecule has 152 valence electrons. The summed E-state index contributed by atoms with van der Waals surface area (Å²) in [6, 6.07) is 25.3. The molecule has 3 aromatic rings. The standard InChI is InChI=1S/C23H24O4S2/c24-29(25)17-21(28-19-11-5-2-6-12-19)23-20(13-7-14-22(23)29)27-16-8-15-26-18-9-3-1-4-10-18/h1-7,9-14,21,24-25H,8,15-17H2. The molecule has 0 radical (unpaired) electrons. The Balaban J connectivity index is 1.42. The first kappa shape index (κ1) is 20.2. The van der Waals surface area contributed by atoms with Crippen molar-refractivity contribution < 1.29 is 18.6 Å². The summed E-state index contributed by atoms with van der Waals surface area (Å²) < 4.78 is 33.0. The van der Waals surface area contributed by atoms with Crippen LogP contribution in [0.25, 0.3) is 0 Å². The maximum atomic E-state index is 10.6. The summed E-state index contributed by atoms with van der Waals surface area (Å²) in [6.07, 6.45) is 0.741. The lowest BCUT2D eigenvalue weighted by molar-refractivity contribution is 0.246. The molecule has 0 aliphatic carbocycles. The van der Waals surface area contributed by atoms with Crippen molar-refractivity contribution in [2.45, 2.75) is 21.5 Å². The first-order chi connectivity index (χ1) is 14.1. The molecule has 3 aromatic carbocycles. The van der Waals surface area contributed by atoms with E-state index in [0.717, 1.165) is 28.4 Å². The maximum absolute atomic E-state index is 10.6. The molecular weight excluding hydrogens is 404 g/mol. The Morgan fingerprint density at radius 3 is 2.28 bits per heavy atom. The van der Waals surface area contributed by atoms with E-state index in [9.17, 15) is 9.11 Å². The Labute approximate surface area is 177 Å². The first-order valence-corrected chi connectivity index (χ1v) is 12.1. The van der Waals surface area contributed by atoms with Crippen LogP contribution < -0.4 is 9.47 Å². The van der Waals surface area contributed by atoms with E-state index in [4.69, 9.17) is 9.47 Å². The van der Waals surface area contributed by atoms with Gasteiger partial charge in [-0.15, -0.1) is 11.8 Å². The van der Waals surface area contributed by atoms with E-state index >= 15 is 0 Å². The minimum atomic E-state index is -2.79. The van der Waals surface area contributed by atoms with Crippen LogP contribution in [-0.4, -0.2) is 28.1 Å². The highest BCUT2D eigenvalue weighted by molar-refractivity contribution is 8.25. The smallest absolute Gasteiger partial charge is 0.125 e. The van der Waals surface area contributed by atoms with Crippen LogP contribution in [-0.2, 0) is 0 Å². The van der Waals surface area contributed by atoms with Gasteiger partial charge >= 0.3 is 0 Å². The van der Waals surface area contributed by atoms with Crippen molar-refractivity contribution in [3.63, 3.8) is 0 Å². The number of rotatable bonds is 8. The molecule has 1 aliphatic rings. The third kappa shape index (κ3) is 4.90. The average molecular weight is 429 g/mol. The fourth-order valence-corrected chi connectivity index (χ4v) is 6.92. The van der Waals surface area contributed by atoms with Crippen molar-refractivity contribution in [3.05, 3.63) is 84.4 Å². The number of para-hydroxylation sites is 1. The van der Waals surface area contributed by atoms with Crippen molar-refractivity contribution in [1.29, 1.82) is 0 Å². The highest BCUT2D eigenvalue weighted by atomic mass is 32.3. The second-order valence-electron chi connectivity index (χ2n) is 6.78. The van der Waals surface area contributed by atoms with Gasteiger partial charge in [0.15, 0.2) is 0 Å². The highest BCUT2D eigenvalue weighted by Crippen LogP contribution is 2.64. The zero-order valence-electron chi connectivity index (χ0n) is 15.9. The van der Waals surface area contributed by atoms with Gasteiger partial charge in [-0.2, -0.15) is 10.6 Å². The van der Waals surface area contributed by atoms with Crippen LogP contribution in [0.3, 0.4) is 0 Å². The van der Waals surface area contributed by atoms with Gasteiger partial charge in [0, 0.05) is 16.9 Å². The molecule has 0 saturated carbocycles. The van der Waals surface area contributed by atoms with Gasteiger partial charge in [-0.1, -0.05) is 42.5 Å². The van der Waals surface area contributed by atoms with Crippen LogP contribution in [0.15, 0.2) is 88.7 Å². The summed E-state index contributed by atoms with van der Waals surface area (Å²) in [4.78, 5) is 1.72. The second-order valence-corrected chi connectivity index (χ2v) is 10.2. The number of thioether (sulfide) groups is 1. The van der Waals surface area contributed by atoms with E-state index in [1.165, 1.54) is 0 Å². The van der Waals surface area contributed by atoms with Crippen LogP contribution >= 0.6 is 22.4 Å². The lowest BCUT2D eigenvalue weighted by Crippen LogP contribution is -2.06. The molecule has 1 heterocycles. The molecular formula is C23H24O4S2. The van der Waals surface area contributed by atoms with Gasteiger partial charge in [0.25, 0.3) is 0 Å². The summed E-state index contributed by atoms with van der Waals surface area (Å²) in [7, 11) is -2.79. The number of fused-ring (bicyclic) bond motifs is 1. The van der Waals surface area contributed by atoms with E-state index in [2.05, 4.69) is 0 Å². The van der Waals surface area contributed by atoms with Crippen molar-refractivity contribution in [1.82, 2.24) is 0 Å². The lowest BCUT2D eigenvalue weighted by Gasteiger charge is -2.27. The lowest BCUT2D eigenvalue weighted by atomic mass is 10.1.